The van der Waals surface area contributed by atoms with E-state index in [0.29, 0.717) is 18.5 Å². The zero-order valence-electron chi connectivity index (χ0n) is 9.91. The molecule has 1 amide bonds. The van der Waals surface area contributed by atoms with E-state index in [4.69, 9.17) is 5.11 Å². The summed E-state index contributed by atoms with van der Waals surface area (Å²) in [4.78, 5) is 11.7. The van der Waals surface area contributed by atoms with Crippen LogP contribution in [0.15, 0.2) is 42.7 Å². The van der Waals surface area contributed by atoms with Crippen LogP contribution in [0.1, 0.15) is 16.8 Å². The van der Waals surface area contributed by atoms with E-state index >= 15 is 0 Å². The van der Waals surface area contributed by atoms with Gasteiger partial charge in [0.1, 0.15) is 0 Å². The first-order valence-corrected chi connectivity index (χ1v) is 5.80. The van der Waals surface area contributed by atoms with E-state index in [1.807, 2.05) is 24.4 Å². The van der Waals surface area contributed by atoms with Gasteiger partial charge in [0.25, 0.3) is 5.91 Å². The van der Waals surface area contributed by atoms with Crippen LogP contribution < -0.4 is 5.32 Å². The lowest BCUT2D eigenvalue weighted by Gasteiger charge is -2.05. The van der Waals surface area contributed by atoms with Crippen molar-refractivity contribution in [2.75, 3.05) is 13.2 Å². The van der Waals surface area contributed by atoms with E-state index < -0.39 is 0 Å². The van der Waals surface area contributed by atoms with Gasteiger partial charge < -0.3 is 10.4 Å². The molecule has 18 heavy (non-hydrogen) atoms. The Morgan fingerprint density at radius 3 is 2.72 bits per heavy atom. The van der Waals surface area contributed by atoms with Crippen LogP contribution in [0.3, 0.4) is 0 Å². The third-order valence-corrected chi connectivity index (χ3v) is 2.52. The van der Waals surface area contributed by atoms with E-state index in [-0.39, 0.29) is 12.5 Å². The number of hydrogen-bond acceptors (Lipinski definition) is 3. The average Bonchev–Trinajstić information content (AvgIpc) is 2.93. The first kappa shape index (κ1) is 12.3. The van der Waals surface area contributed by atoms with Gasteiger partial charge in [0, 0.05) is 31.1 Å². The number of rotatable bonds is 5. The molecule has 2 N–H and O–H groups in total. The fraction of sp³-hybridized carbons (Fsp3) is 0.231. The van der Waals surface area contributed by atoms with E-state index in [9.17, 15) is 4.79 Å². The van der Waals surface area contributed by atoms with Crippen molar-refractivity contribution in [1.82, 2.24) is 15.1 Å². The molecule has 0 atom stereocenters. The van der Waals surface area contributed by atoms with Gasteiger partial charge in [-0.05, 0) is 36.8 Å². The summed E-state index contributed by atoms with van der Waals surface area (Å²) < 4.78 is 1.73. The third-order valence-electron chi connectivity index (χ3n) is 2.52. The molecule has 0 bridgehead atoms. The minimum absolute atomic E-state index is 0.0819. The molecule has 0 radical (unpaired) electrons. The highest BCUT2D eigenvalue weighted by Gasteiger charge is 2.04. The zero-order chi connectivity index (χ0) is 12.8. The normalized spacial score (nSPS) is 10.3. The molecular formula is C13H15N3O2. The molecule has 5 heteroatoms. The van der Waals surface area contributed by atoms with E-state index in [0.717, 1.165) is 5.69 Å². The first-order chi connectivity index (χ1) is 8.81. The Morgan fingerprint density at radius 2 is 2.11 bits per heavy atom. The van der Waals surface area contributed by atoms with Crippen molar-refractivity contribution in [3.8, 4) is 5.69 Å². The van der Waals surface area contributed by atoms with E-state index in [2.05, 4.69) is 10.4 Å². The lowest BCUT2D eigenvalue weighted by atomic mass is 10.2. The minimum Gasteiger partial charge on any atom is -0.396 e. The van der Waals surface area contributed by atoms with Crippen LogP contribution in [0, 0.1) is 0 Å². The predicted molar refractivity (Wildman–Crippen MR) is 67.6 cm³/mol. The summed E-state index contributed by atoms with van der Waals surface area (Å²) in [7, 11) is 0. The number of aliphatic hydroxyl groups excluding tert-OH is 1. The second kappa shape index (κ2) is 5.97. The zero-order valence-corrected chi connectivity index (χ0v) is 9.91. The van der Waals surface area contributed by atoms with Gasteiger partial charge in [0.2, 0.25) is 0 Å². The second-order valence-electron chi connectivity index (χ2n) is 3.83. The molecule has 0 aliphatic rings. The lowest BCUT2D eigenvalue weighted by Crippen LogP contribution is -2.24. The summed E-state index contributed by atoms with van der Waals surface area (Å²) in [5, 5.41) is 15.5. The topological polar surface area (TPSA) is 67.2 Å². The van der Waals surface area contributed by atoms with Crippen molar-refractivity contribution in [1.29, 1.82) is 0 Å². The van der Waals surface area contributed by atoms with Gasteiger partial charge in [-0.25, -0.2) is 4.68 Å². The van der Waals surface area contributed by atoms with Gasteiger partial charge in [0.05, 0.1) is 5.69 Å². The lowest BCUT2D eigenvalue weighted by molar-refractivity contribution is 0.0951. The molecule has 5 nitrogen and oxygen atoms in total. The quantitative estimate of drug-likeness (QED) is 0.772. The van der Waals surface area contributed by atoms with Crippen LogP contribution >= 0.6 is 0 Å². The molecule has 0 saturated heterocycles. The van der Waals surface area contributed by atoms with Crippen LogP contribution in [0.5, 0.6) is 0 Å². The molecule has 0 aliphatic heterocycles. The van der Waals surface area contributed by atoms with Gasteiger partial charge >= 0.3 is 0 Å². The Balaban J connectivity index is 2.01. The van der Waals surface area contributed by atoms with E-state index in [1.165, 1.54) is 0 Å². The number of nitrogens with one attached hydrogen (secondary N) is 1. The molecule has 0 aliphatic carbocycles. The third kappa shape index (κ3) is 2.95. The molecule has 1 heterocycles. The van der Waals surface area contributed by atoms with Crippen molar-refractivity contribution in [3.63, 3.8) is 0 Å². The summed E-state index contributed by atoms with van der Waals surface area (Å²) in [5.41, 5.74) is 1.51. The smallest absolute Gasteiger partial charge is 0.251 e. The van der Waals surface area contributed by atoms with Gasteiger partial charge in [-0.2, -0.15) is 5.10 Å². The van der Waals surface area contributed by atoms with E-state index in [1.54, 1.807) is 23.0 Å². The highest BCUT2D eigenvalue weighted by molar-refractivity contribution is 5.94. The molecular weight excluding hydrogens is 230 g/mol. The molecule has 0 spiro atoms. The largest absolute Gasteiger partial charge is 0.396 e. The number of hydrogen-bond donors (Lipinski definition) is 2. The highest BCUT2D eigenvalue weighted by Crippen LogP contribution is 2.08. The Labute approximate surface area is 105 Å². The Kier molecular flexibility index (Phi) is 4.09. The maximum absolute atomic E-state index is 11.7. The van der Waals surface area contributed by atoms with Gasteiger partial charge in [0.15, 0.2) is 0 Å². The number of aromatic nitrogens is 2. The summed E-state index contributed by atoms with van der Waals surface area (Å²) in [6, 6.07) is 9.04. The number of amides is 1. The summed E-state index contributed by atoms with van der Waals surface area (Å²) >= 11 is 0. The molecule has 94 valence electrons. The Hall–Kier alpha value is -2.14. The van der Waals surface area contributed by atoms with Crippen LogP contribution in [0.2, 0.25) is 0 Å². The Bertz CT molecular complexity index is 491. The van der Waals surface area contributed by atoms with Crippen LogP contribution in [0.4, 0.5) is 0 Å². The molecule has 1 aromatic heterocycles. The number of benzene rings is 1. The van der Waals surface area contributed by atoms with Gasteiger partial charge in [-0.3, -0.25) is 4.79 Å². The molecule has 2 rings (SSSR count). The predicted octanol–water partition coefficient (Wildman–Crippen LogP) is 0.985. The molecule has 0 unspecified atom stereocenters. The standard InChI is InChI=1S/C13H15N3O2/c17-10-2-7-14-13(18)11-3-5-12(6-4-11)16-9-1-8-15-16/h1,3-6,8-9,17H,2,7,10H2,(H,14,18). The van der Waals surface area contributed by atoms with Crippen molar-refractivity contribution in [2.24, 2.45) is 0 Å². The summed E-state index contributed by atoms with van der Waals surface area (Å²) in [6.07, 6.45) is 4.11. The summed E-state index contributed by atoms with van der Waals surface area (Å²) in [6.45, 7) is 0.564. The van der Waals surface area contributed by atoms with Gasteiger partial charge in [-0.15, -0.1) is 0 Å². The summed E-state index contributed by atoms with van der Waals surface area (Å²) in [5.74, 6) is -0.129. The van der Waals surface area contributed by atoms with Gasteiger partial charge in [-0.1, -0.05) is 0 Å². The number of carbonyl (C=O) groups is 1. The molecule has 2 aromatic rings. The van der Waals surface area contributed by atoms with Crippen molar-refractivity contribution in [3.05, 3.63) is 48.3 Å². The van der Waals surface area contributed by atoms with Crippen LogP contribution in [0.25, 0.3) is 5.69 Å². The number of nitrogens with zero attached hydrogens (tertiary/aromatic N) is 2. The maximum Gasteiger partial charge on any atom is 0.251 e. The van der Waals surface area contributed by atoms with Crippen LogP contribution in [-0.2, 0) is 0 Å². The SMILES string of the molecule is O=C(NCCCO)c1ccc(-n2cccn2)cc1. The highest BCUT2D eigenvalue weighted by atomic mass is 16.3. The van der Waals surface area contributed by atoms with Crippen molar-refractivity contribution >= 4 is 5.91 Å². The fourth-order valence-electron chi connectivity index (χ4n) is 1.57. The average molecular weight is 245 g/mol. The molecule has 0 saturated carbocycles. The Morgan fingerprint density at radius 1 is 1.33 bits per heavy atom. The second-order valence-corrected chi connectivity index (χ2v) is 3.83. The molecule has 1 aromatic carbocycles. The van der Waals surface area contributed by atoms with Crippen molar-refractivity contribution < 1.29 is 9.90 Å². The monoisotopic (exact) mass is 245 g/mol. The maximum atomic E-state index is 11.7. The number of carbonyl (C=O) groups excluding carboxylic acids is 1. The molecule has 0 fully saturated rings. The first-order valence-electron chi connectivity index (χ1n) is 5.80. The van der Waals surface area contributed by atoms with Crippen LogP contribution in [-0.4, -0.2) is 33.9 Å². The fourth-order valence-corrected chi connectivity index (χ4v) is 1.57. The van der Waals surface area contributed by atoms with Crippen molar-refractivity contribution in [2.45, 2.75) is 6.42 Å². The minimum atomic E-state index is -0.129. The number of aliphatic hydroxyl groups is 1.